The summed E-state index contributed by atoms with van der Waals surface area (Å²) in [5.41, 5.74) is 0. The standard InChI is InChI=1S/C11H20N2O2/c1-15-8-11(14)12-9-4-6-13-5-2-3-10(13)7-9/h9-10H,2-8H2,1H3,(H,12,14). The van der Waals surface area contributed by atoms with Gasteiger partial charge < -0.3 is 15.0 Å². The van der Waals surface area contributed by atoms with Crippen molar-refractivity contribution in [1.29, 1.82) is 0 Å². The second-order valence-corrected chi connectivity index (χ2v) is 4.55. The van der Waals surface area contributed by atoms with Gasteiger partial charge >= 0.3 is 0 Å². The Morgan fingerprint density at radius 1 is 1.47 bits per heavy atom. The average molecular weight is 212 g/mol. The number of fused-ring (bicyclic) bond motifs is 1. The van der Waals surface area contributed by atoms with Gasteiger partial charge in [-0.1, -0.05) is 0 Å². The molecule has 4 nitrogen and oxygen atoms in total. The predicted molar refractivity (Wildman–Crippen MR) is 57.6 cm³/mol. The molecule has 0 aliphatic carbocycles. The summed E-state index contributed by atoms with van der Waals surface area (Å²) >= 11 is 0. The Morgan fingerprint density at radius 3 is 3.13 bits per heavy atom. The number of rotatable bonds is 3. The van der Waals surface area contributed by atoms with Crippen LogP contribution in [0.3, 0.4) is 0 Å². The smallest absolute Gasteiger partial charge is 0.246 e. The van der Waals surface area contributed by atoms with Crippen molar-refractivity contribution in [3.63, 3.8) is 0 Å². The van der Waals surface area contributed by atoms with Crippen LogP contribution in [0, 0.1) is 0 Å². The molecule has 86 valence electrons. The van der Waals surface area contributed by atoms with Crippen LogP contribution in [0.2, 0.25) is 0 Å². The molecule has 0 aromatic carbocycles. The third-order valence-electron chi connectivity index (χ3n) is 3.46. The Kier molecular flexibility index (Phi) is 3.59. The van der Waals surface area contributed by atoms with Gasteiger partial charge in [-0.15, -0.1) is 0 Å². The monoisotopic (exact) mass is 212 g/mol. The fourth-order valence-electron chi connectivity index (χ4n) is 2.76. The largest absolute Gasteiger partial charge is 0.375 e. The predicted octanol–water partition coefficient (Wildman–Crippen LogP) is 0.376. The van der Waals surface area contributed by atoms with Gasteiger partial charge in [-0.2, -0.15) is 0 Å². The van der Waals surface area contributed by atoms with Crippen molar-refractivity contribution >= 4 is 5.91 Å². The summed E-state index contributed by atoms with van der Waals surface area (Å²) in [5, 5.41) is 3.04. The van der Waals surface area contributed by atoms with Crippen molar-refractivity contribution in [1.82, 2.24) is 10.2 Å². The minimum atomic E-state index is 0.0222. The SMILES string of the molecule is COCC(=O)NC1CCN2CCCC2C1. The molecule has 2 rings (SSSR count). The normalized spacial score (nSPS) is 31.3. The number of nitrogens with zero attached hydrogens (tertiary/aromatic N) is 1. The van der Waals surface area contributed by atoms with Gasteiger partial charge in [0.15, 0.2) is 0 Å². The van der Waals surface area contributed by atoms with E-state index >= 15 is 0 Å². The number of carbonyl (C=O) groups excluding carboxylic acids is 1. The highest BCUT2D eigenvalue weighted by Gasteiger charge is 2.31. The van der Waals surface area contributed by atoms with E-state index in [9.17, 15) is 4.79 Å². The molecule has 0 spiro atoms. The lowest BCUT2D eigenvalue weighted by atomic mass is 9.97. The molecule has 2 aliphatic rings. The first-order valence-corrected chi connectivity index (χ1v) is 5.82. The fourth-order valence-corrected chi connectivity index (χ4v) is 2.76. The molecule has 1 amide bonds. The molecular formula is C11H20N2O2. The van der Waals surface area contributed by atoms with E-state index < -0.39 is 0 Å². The fraction of sp³-hybridized carbons (Fsp3) is 0.909. The average Bonchev–Trinajstić information content (AvgIpc) is 2.65. The van der Waals surface area contributed by atoms with Crippen LogP contribution in [-0.2, 0) is 9.53 Å². The summed E-state index contributed by atoms with van der Waals surface area (Å²) in [5.74, 6) is 0.0222. The summed E-state index contributed by atoms with van der Waals surface area (Å²) in [6.07, 6.45) is 4.83. The molecule has 2 fully saturated rings. The zero-order chi connectivity index (χ0) is 10.7. The zero-order valence-corrected chi connectivity index (χ0v) is 9.37. The maximum absolute atomic E-state index is 11.4. The summed E-state index contributed by atoms with van der Waals surface area (Å²) in [6.45, 7) is 2.58. The molecule has 15 heavy (non-hydrogen) atoms. The van der Waals surface area contributed by atoms with Crippen molar-refractivity contribution in [3.05, 3.63) is 0 Å². The van der Waals surface area contributed by atoms with Crippen molar-refractivity contribution < 1.29 is 9.53 Å². The molecule has 4 heteroatoms. The van der Waals surface area contributed by atoms with Crippen LogP contribution < -0.4 is 5.32 Å². The van der Waals surface area contributed by atoms with Crippen LogP contribution in [-0.4, -0.2) is 49.7 Å². The topological polar surface area (TPSA) is 41.6 Å². The summed E-state index contributed by atoms with van der Waals surface area (Å²) in [4.78, 5) is 13.9. The molecule has 2 saturated heterocycles. The maximum Gasteiger partial charge on any atom is 0.246 e. The lowest BCUT2D eigenvalue weighted by Crippen LogP contribution is -2.48. The van der Waals surface area contributed by atoms with E-state index in [2.05, 4.69) is 10.2 Å². The van der Waals surface area contributed by atoms with E-state index in [0.29, 0.717) is 12.1 Å². The van der Waals surface area contributed by atoms with Gasteiger partial charge in [-0.05, 0) is 32.2 Å². The van der Waals surface area contributed by atoms with Gasteiger partial charge in [0.05, 0.1) is 0 Å². The van der Waals surface area contributed by atoms with Crippen LogP contribution in [0.5, 0.6) is 0 Å². The molecular weight excluding hydrogens is 192 g/mol. The highest BCUT2D eigenvalue weighted by molar-refractivity contribution is 5.77. The first-order valence-electron chi connectivity index (χ1n) is 5.82. The molecule has 2 aliphatic heterocycles. The Balaban J connectivity index is 1.77. The Morgan fingerprint density at radius 2 is 2.33 bits per heavy atom. The van der Waals surface area contributed by atoms with Gasteiger partial charge in [0.25, 0.3) is 0 Å². The molecule has 0 aromatic rings. The number of piperidine rings is 1. The van der Waals surface area contributed by atoms with Crippen molar-refractivity contribution in [2.24, 2.45) is 0 Å². The lowest BCUT2D eigenvalue weighted by molar-refractivity contribution is -0.125. The number of carbonyl (C=O) groups is 1. The molecule has 2 heterocycles. The summed E-state index contributed by atoms with van der Waals surface area (Å²) in [6, 6.07) is 1.08. The first-order chi connectivity index (χ1) is 7.29. The van der Waals surface area contributed by atoms with Gasteiger partial charge in [0, 0.05) is 25.7 Å². The van der Waals surface area contributed by atoms with Crippen molar-refractivity contribution in [2.75, 3.05) is 26.8 Å². The van der Waals surface area contributed by atoms with Gasteiger partial charge in [0.1, 0.15) is 6.61 Å². The highest BCUT2D eigenvalue weighted by Crippen LogP contribution is 2.26. The number of methoxy groups -OCH3 is 1. The minimum absolute atomic E-state index is 0.0222. The number of hydrogen-bond acceptors (Lipinski definition) is 3. The van der Waals surface area contributed by atoms with Crippen LogP contribution in [0.25, 0.3) is 0 Å². The van der Waals surface area contributed by atoms with Crippen LogP contribution >= 0.6 is 0 Å². The van der Waals surface area contributed by atoms with Gasteiger partial charge in [-0.25, -0.2) is 0 Å². The lowest BCUT2D eigenvalue weighted by Gasteiger charge is -2.35. The van der Waals surface area contributed by atoms with Gasteiger partial charge in [0.2, 0.25) is 5.91 Å². The molecule has 0 aromatic heterocycles. The van der Waals surface area contributed by atoms with Crippen molar-refractivity contribution in [2.45, 2.75) is 37.8 Å². The maximum atomic E-state index is 11.4. The number of hydrogen-bond donors (Lipinski definition) is 1. The molecule has 0 radical (unpaired) electrons. The summed E-state index contributed by atoms with van der Waals surface area (Å²) < 4.78 is 4.81. The number of ether oxygens (including phenoxy) is 1. The Labute approximate surface area is 91.0 Å². The molecule has 0 bridgehead atoms. The third kappa shape index (κ3) is 2.69. The van der Waals surface area contributed by atoms with Crippen LogP contribution in [0.4, 0.5) is 0 Å². The quantitative estimate of drug-likeness (QED) is 0.735. The minimum Gasteiger partial charge on any atom is -0.375 e. The van der Waals surface area contributed by atoms with E-state index in [1.807, 2.05) is 0 Å². The summed E-state index contributed by atoms with van der Waals surface area (Å²) in [7, 11) is 1.55. The Bertz CT molecular complexity index is 233. The number of amides is 1. The molecule has 2 unspecified atom stereocenters. The van der Waals surface area contributed by atoms with E-state index in [1.54, 1.807) is 7.11 Å². The second kappa shape index (κ2) is 4.94. The molecule has 2 atom stereocenters. The molecule has 0 saturated carbocycles. The van der Waals surface area contributed by atoms with E-state index in [4.69, 9.17) is 4.74 Å². The first kappa shape index (κ1) is 10.9. The molecule has 1 N–H and O–H groups in total. The Hall–Kier alpha value is -0.610. The zero-order valence-electron chi connectivity index (χ0n) is 9.37. The van der Waals surface area contributed by atoms with E-state index in [1.165, 1.54) is 19.4 Å². The van der Waals surface area contributed by atoms with E-state index in [-0.39, 0.29) is 12.5 Å². The van der Waals surface area contributed by atoms with Gasteiger partial charge in [-0.3, -0.25) is 4.79 Å². The number of nitrogens with one attached hydrogen (secondary N) is 1. The van der Waals surface area contributed by atoms with Crippen LogP contribution in [0.1, 0.15) is 25.7 Å². The highest BCUT2D eigenvalue weighted by atomic mass is 16.5. The van der Waals surface area contributed by atoms with E-state index in [0.717, 1.165) is 19.4 Å². The second-order valence-electron chi connectivity index (χ2n) is 4.55. The van der Waals surface area contributed by atoms with Crippen molar-refractivity contribution in [3.8, 4) is 0 Å². The van der Waals surface area contributed by atoms with Crippen LogP contribution in [0.15, 0.2) is 0 Å². The third-order valence-corrected chi connectivity index (χ3v) is 3.46.